The summed E-state index contributed by atoms with van der Waals surface area (Å²) < 4.78 is 1.94. The monoisotopic (exact) mass is 235 g/mol. The van der Waals surface area contributed by atoms with E-state index in [4.69, 9.17) is 0 Å². The largest absolute Gasteiger partial charge is 0.346 e. The first-order valence-electron chi connectivity index (χ1n) is 6.42. The van der Waals surface area contributed by atoms with Gasteiger partial charge in [0.25, 0.3) is 0 Å². The Morgan fingerprint density at radius 2 is 2.00 bits per heavy atom. The second-order valence-electron chi connectivity index (χ2n) is 4.93. The summed E-state index contributed by atoms with van der Waals surface area (Å²) in [5, 5.41) is 14.9. The molecule has 17 heavy (non-hydrogen) atoms. The molecule has 1 saturated heterocycles. The van der Waals surface area contributed by atoms with Crippen LogP contribution in [0.25, 0.3) is 0 Å². The fourth-order valence-electron chi connectivity index (χ4n) is 2.82. The fourth-order valence-corrected chi connectivity index (χ4v) is 2.82. The molecule has 1 amide bonds. The van der Waals surface area contributed by atoms with Gasteiger partial charge in [-0.25, -0.2) is 4.68 Å². The molecule has 0 unspecified atom stereocenters. The molecule has 6 heteroatoms. The Kier molecular flexibility index (Phi) is 2.78. The molecule has 2 heterocycles. The minimum absolute atomic E-state index is 0.0134. The third-order valence-corrected chi connectivity index (χ3v) is 3.75. The van der Waals surface area contributed by atoms with Crippen LogP contribution in [0.3, 0.4) is 0 Å². The van der Waals surface area contributed by atoms with Gasteiger partial charge in [0.1, 0.15) is 0 Å². The van der Waals surface area contributed by atoms with Crippen molar-refractivity contribution in [3.63, 3.8) is 0 Å². The summed E-state index contributed by atoms with van der Waals surface area (Å²) in [6.45, 7) is 0. The number of hydrogen-bond acceptors (Lipinski definition) is 4. The lowest BCUT2D eigenvalue weighted by atomic mass is 9.95. The summed E-state index contributed by atoms with van der Waals surface area (Å²) in [7, 11) is 0. The number of hydrogen-bond donors (Lipinski definition) is 1. The molecule has 2 aliphatic rings. The number of carbonyl (C=O) groups excluding carboxylic acids is 1. The van der Waals surface area contributed by atoms with Crippen molar-refractivity contribution in [3.8, 4) is 0 Å². The molecule has 3 rings (SSSR count). The van der Waals surface area contributed by atoms with Crippen LogP contribution in [-0.2, 0) is 4.79 Å². The first kappa shape index (κ1) is 10.7. The van der Waals surface area contributed by atoms with Crippen LogP contribution in [0.2, 0.25) is 0 Å². The summed E-state index contributed by atoms with van der Waals surface area (Å²) in [5.74, 6) is 0.941. The summed E-state index contributed by atoms with van der Waals surface area (Å²) in [5.41, 5.74) is 0. The van der Waals surface area contributed by atoms with Crippen molar-refractivity contribution < 1.29 is 4.79 Å². The van der Waals surface area contributed by atoms with Gasteiger partial charge in [-0.1, -0.05) is 19.3 Å². The van der Waals surface area contributed by atoms with Crippen molar-refractivity contribution in [2.45, 2.75) is 57.0 Å². The number of carbonyl (C=O) groups is 1. The molecule has 1 N–H and O–H groups in total. The first-order chi connectivity index (χ1) is 8.34. The lowest BCUT2D eigenvalue weighted by molar-refractivity contribution is -0.119. The molecule has 1 atom stereocenters. The molecule has 6 nitrogen and oxygen atoms in total. The SMILES string of the molecule is O=C1CC[C@H](c2nnnn2C2CCCCC2)N1. The quantitative estimate of drug-likeness (QED) is 0.834. The highest BCUT2D eigenvalue weighted by molar-refractivity contribution is 5.78. The number of aromatic nitrogens is 4. The maximum absolute atomic E-state index is 11.2. The van der Waals surface area contributed by atoms with Gasteiger partial charge in [-0.2, -0.15) is 0 Å². The van der Waals surface area contributed by atoms with Crippen LogP contribution in [0.5, 0.6) is 0 Å². The number of tetrazole rings is 1. The summed E-state index contributed by atoms with van der Waals surface area (Å²) in [4.78, 5) is 11.2. The molecule has 1 saturated carbocycles. The van der Waals surface area contributed by atoms with Gasteiger partial charge in [0.15, 0.2) is 5.82 Å². The Morgan fingerprint density at radius 1 is 1.18 bits per heavy atom. The zero-order chi connectivity index (χ0) is 11.7. The minimum Gasteiger partial charge on any atom is -0.346 e. The highest BCUT2D eigenvalue weighted by Crippen LogP contribution is 2.30. The smallest absolute Gasteiger partial charge is 0.220 e. The lowest BCUT2D eigenvalue weighted by Crippen LogP contribution is -2.24. The van der Waals surface area contributed by atoms with E-state index in [9.17, 15) is 4.79 Å². The molecule has 1 aromatic rings. The number of nitrogens with one attached hydrogen (secondary N) is 1. The highest BCUT2D eigenvalue weighted by Gasteiger charge is 2.29. The third-order valence-electron chi connectivity index (χ3n) is 3.75. The fraction of sp³-hybridized carbons (Fsp3) is 0.818. The van der Waals surface area contributed by atoms with Crippen LogP contribution in [0.1, 0.15) is 62.9 Å². The van der Waals surface area contributed by atoms with E-state index < -0.39 is 0 Å². The maximum Gasteiger partial charge on any atom is 0.220 e. The van der Waals surface area contributed by atoms with Crippen LogP contribution in [0.15, 0.2) is 0 Å². The Morgan fingerprint density at radius 3 is 2.71 bits per heavy atom. The van der Waals surface area contributed by atoms with E-state index in [0.717, 1.165) is 25.1 Å². The van der Waals surface area contributed by atoms with Crippen molar-refractivity contribution >= 4 is 5.91 Å². The number of nitrogens with zero attached hydrogens (tertiary/aromatic N) is 4. The van der Waals surface area contributed by atoms with Crippen molar-refractivity contribution in [1.29, 1.82) is 0 Å². The molecule has 0 radical (unpaired) electrons. The molecular weight excluding hydrogens is 218 g/mol. The van der Waals surface area contributed by atoms with E-state index in [1.807, 2.05) is 4.68 Å². The predicted molar refractivity (Wildman–Crippen MR) is 60.1 cm³/mol. The van der Waals surface area contributed by atoms with Gasteiger partial charge in [0, 0.05) is 6.42 Å². The topological polar surface area (TPSA) is 72.7 Å². The van der Waals surface area contributed by atoms with Gasteiger partial charge >= 0.3 is 0 Å². The van der Waals surface area contributed by atoms with Gasteiger partial charge in [-0.15, -0.1) is 5.10 Å². The number of amides is 1. The Balaban J connectivity index is 1.80. The second kappa shape index (κ2) is 4.43. The lowest BCUT2D eigenvalue weighted by Gasteiger charge is -2.23. The van der Waals surface area contributed by atoms with Crippen LogP contribution >= 0.6 is 0 Å². The van der Waals surface area contributed by atoms with Crippen LogP contribution in [-0.4, -0.2) is 26.1 Å². The van der Waals surface area contributed by atoms with Gasteiger partial charge in [0.2, 0.25) is 5.91 Å². The summed E-state index contributed by atoms with van der Waals surface area (Å²) in [6.07, 6.45) is 7.52. The molecule has 0 spiro atoms. The normalized spacial score (nSPS) is 26.1. The standard InChI is InChI=1S/C11H17N5O/c17-10-7-6-9(12-10)11-13-14-15-16(11)8-4-2-1-3-5-8/h8-9H,1-7H2,(H,12,17)/t9-/m1/s1. The Labute approximate surface area is 99.8 Å². The van der Waals surface area contributed by atoms with E-state index in [1.54, 1.807) is 0 Å². The molecular formula is C11H17N5O. The van der Waals surface area contributed by atoms with E-state index >= 15 is 0 Å². The Bertz CT molecular complexity index is 410. The average Bonchev–Trinajstić information content (AvgIpc) is 2.98. The van der Waals surface area contributed by atoms with Crippen LogP contribution in [0.4, 0.5) is 0 Å². The molecule has 1 aliphatic heterocycles. The molecule has 0 bridgehead atoms. The number of rotatable bonds is 2. The molecule has 92 valence electrons. The highest BCUT2D eigenvalue weighted by atomic mass is 16.1. The van der Waals surface area contributed by atoms with Crippen LogP contribution < -0.4 is 5.32 Å². The van der Waals surface area contributed by atoms with Crippen molar-refractivity contribution in [1.82, 2.24) is 25.5 Å². The molecule has 1 aliphatic carbocycles. The second-order valence-corrected chi connectivity index (χ2v) is 4.93. The van der Waals surface area contributed by atoms with Crippen molar-refractivity contribution in [3.05, 3.63) is 5.82 Å². The van der Waals surface area contributed by atoms with Gasteiger partial charge in [0.05, 0.1) is 12.1 Å². The summed E-state index contributed by atoms with van der Waals surface area (Å²) >= 11 is 0. The van der Waals surface area contributed by atoms with Gasteiger partial charge < -0.3 is 5.32 Å². The van der Waals surface area contributed by atoms with Crippen molar-refractivity contribution in [2.24, 2.45) is 0 Å². The molecule has 0 aromatic carbocycles. The van der Waals surface area contributed by atoms with Crippen molar-refractivity contribution in [2.75, 3.05) is 0 Å². The third kappa shape index (κ3) is 2.03. The van der Waals surface area contributed by atoms with Gasteiger partial charge in [-0.05, 0) is 29.7 Å². The van der Waals surface area contributed by atoms with Gasteiger partial charge in [-0.3, -0.25) is 4.79 Å². The van der Waals surface area contributed by atoms with Crippen LogP contribution in [0, 0.1) is 0 Å². The van der Waals surface area contributed by atoms with E-state index in [-0.39, 0.29) is 11.9 Å². The van der Waals surface area contributed by atoms with E-state index in [1.165, 1.54) is 19.3 Å². The van der Waals surface area contributed by atoms with E-state index in [0.29, 0.717) is 12.5 Å². The molecule has 1 aromatic heterocycles. The minimum atomic E-state index is 0.0134. The Hall–Kier alpha value is -1.46. The van der Waals surface area contributed by atoms with E-state index in [2.05, 4.69) is 20.8 Å². The summed E-state index contributed by atoms with van der Waals surface area (Å²) in [6, 6.07) is 0.436. The first-order valence-corrected chi connectivity index (χ1v) is 6.42. The maximum atomic E-state index is 11.2. The molecule has 2 fully saturated rings. The zero-order valence-electron chi connectivity index (χ0n) is 9.80. The predicted octanol–water partition coefficient (Wildman–Crippen LogP) is 1.13. The zero-order valence-corrected chi connectivity index (χ0v) is 9.80. The average molecular weight is 235 g/mol.